The summed E-state index contributed by atoms with van der Waals surface area (Å²) in [4.78, 5) is 0. The monoisotopic (exact) mass is 454 g/mol. The summed E-state index contributed by atoms with van der Waals surface area (Å²) >= 11 is 0. The average Bonchev–Trinajstić information content (AvgIpc) is 2.87. The van der Waals surface area contributed by atoms with Crippen LogP contribution in [-0.4, -0.2) is 13.2 Å². The van der Waals surface area contributed by atoms with Gasteiger partial charge in [-0.2, -0.15) is 0 Å². The van der Waals surface area contributed by atoms with Crippen molar-refractivity contribution in [3.63, 3.8) is 0 Å². The van der Waals surface area contributed by atoms with Gasteiger partial charge in [0.2, 0.25) is 0 Å². The second kappa shape index (κ2) is 12.5. The minimum Gasteiger partial charge on any atom is -0.494 e. The van der Waals surface area contributed by atoms with Gasteiger partial charge in [0.1, 0.15) is 11.5 Å². The second-order valence-electron chi connectivity index (χ2n) is 9.59. The van der Waals surface area contributed by atoms with Crippen LogP contribution in [0.4, 0.5) is 0 Å². The fourth-order valence-corrected chi connectivity index (χ4v) is 4.62. The molecule has 2 nitrogen and oxygen atoms in total. The first-order valence-corrected chi connectivity index (χ1v) is 12.9. The van der Waals surface area contributed by atoms with Gasteiger partial charge in [0.15, 0.2) is 0 Å². The maximum Gasteiger partial charge on any atom is 0.119 e. The van der Waals surface area contributed by atoms with Gasteiger partial charge in [0.25, 0.3) is 0 Å². The molecule has 0 aliphatic heterocycles. The summed E-state index contributed by atoms with van der Waals surface area (Å²) in [6, 6.07) is 25.8. The molecule has 3 aromatic rings. The molecule has 0 heterocycles. The minimum atomic E-state index is 0.688. The van der Waals surface area contributed by atoms with Crippen molar-refractivity contribution in [1.82, 2.24) is 0 Å². The molecule has 0 amide bonds. The Morgan fingerprint density at radius 3 is 1.65 bits per heavy atom. The third-order valence-electron chi connectivity index (χ3n) is 6.86. The van der Waals surface area contributed by atoms with Gasteiger partial charge in [-0.3, -0.25) is 0 Å². The van der Waals surface area contributed by atoms with Gasteiger partial charge in [-0.1, -0.05) is 66.2 Å². The summed E-state index contributed by atoms with van der Waals surface area (Å²) in [5.74, 6) is 2.62. The minimum absolute atomic E-state index is 0.688. The second-order valence-corrected chi connectivity index (χ2v) is 9.59. The van der Waals surface area contributed by atoms with E-state index < -0.39 is 0 Å². The van der Waals surface area contributed by atoms with Crippen LogP contribution in [-0.2, 0) is 0 Å². The van der Waals surface area contributed by atoms with E-state index in [-0.39, 0.29) is 0 Å². The van der Waals surface area contributed by atoms with Crippen molar-refractivity contribution in [3.8, 4) is 22.6 Å². The van der Waals surface area contributed by atoms with Gasteiger partial charge in [0.05, 0.1) is 13.2 Å². The highest BCUT2D eigenvalue weighted by Crippen LogP contribution is 2.35. The summed E-state index contributed by atoms with van der Waals surface area (Å²) in [5, 5.41) is 0. The molecular formula is C32H38O2. The predicted molar refractivity (Wildman–Crippen MR) is 143 cm³/mol. The van der Waals surface area contributed by atoms with Gasteiger partial charge < -0.3 is 9.47 Å². The molecule has 2 heteroatoms. The summed E-state index contributed by atoms with van der Waals surface area (Å²) in [6.07, 6.45) is 9.31. The van der Waals surface area contributed by atoms with E-state index in [4.69, 9.17) is 9.47 Å². The molecule has 3 aromatic carbocycles. The first-order valence-electron chi connectivity index (χ1n) is 12.9. The Labute approximate surface area is 205 Å². The van der Waals surface area contributed by atoms with Crippen LogP contribution in [0.1, 0.15) is 68.4 Å². The van der Waals surface area contributed by atoms with E-state index in [0.29, 0.717) is 5.92 Å². The predicted octanol–water partition coefficient (Wildman–Crippen LogP) is 8.89. The molecule has 0 aromatic heterocycles. The molecule has 0 atom stereocenters. The molecule has 178 valence electrons. The zero-order valence-electron chi connectivity index (χ0n) is 20.6. The highest BCUT2D eigenvalue weighted by atomic mass is 16.5. The van der Waals surface area contributed by atoms with Crippen LogP contribution in [0.2, 0.25) is 0 Å². The Hall–Kier alpha value is -3.00. The highest BCUT2D eigenvalue weighted by Gasteiger charge is 2.17. The molecule has 0 saturated heterocycles. The molecule has 1 saturated carbocycles. The summed E-state index contributed by atoms with van der Waals surface area (Å²) in [5.41, 5.74) is 6.61. The number of aryl methyl sites for hydroxylation is 1. The summed E-state index contributed by atoms with van der Waals surface area (Å²) in [6.45, 7) is 7.78. The summed E-state index contributed by atoms with van der Waals surface area (Å²) < 4.78 is 11.9. The van der Waals surface area contributed by atoms with Gasteiger partial charge >= 0.3 is 0 Å². The number of allylic oxidation sites excluding steroid dienone is 1. The molecule has 0 spiro atoms. The zero-order valence-corrected chi connectivity index (χ0v) is 20.6. The van der Waals surface area contributed by atoms with Gasteiger partial charge in [-0.05, 0) is 105 Å². The van der Waals surface area contributed by atoms with Crippen LogP contribution < -0.4 is 9.47 Å². The first kappa shape index (κ1) is 24.1. The molecule has 34 heavy (non-hydrogen) atoms. The lowest BCUT2D eigenvalue weighted by Gasteiger charge is -2.23. The van der Waals surface area contributed by atoms with Crippen LogP contribution in [0.25, 0.3) is 11.1 Å². The molecule has 1 fully saturated rings. The number of unbranched alkanes of at least 4 members (excludes halogenated alkanes) is 3. The number of hydrogen-bond acceptors (Lipinski definition) is 2. The van der Waals surface area contributed by atoms with Gasteiger partial charge in [-0.15, -0.1) is 0 Å². The van der Waals surface area contributed by atoms with Crippen LogP contribution in [0.15, 0.2) is 84.9 Å². The van der Waals surface area contributed by atoms with E-state index in [1.165, 1.54) is 59.9 Å². The molecule has 4 rings (SSSR count). The lowest BCUT2D eigenvalue weighted by molar-refractivity contribution is 0.287. The van der Waals surface area contributed by atoms with Crippen molar-refractivity contribution in [2.75, 3.05) is 13.2 Å². The van der Waals surface area contributed by atoms with E-state index in [1.807, 2.05) is 0 Å². The Morgan fingerprint density at radius 1 is 0.647 bits per heavy atom. The SMILES string of the molecule is C=C1CCC(c2ccc(OCCCCCCOc3ccc(-c4ccc(C)cc4)cc3)cc2)CC1. The smallest absolute Gasteiger partial charge is 0.119 e. The van der Waals surface area contributed by atoms with Crippen molar-refractivity contribution in [2.24, 2.45) is 0 Å². The van der Waals surface area contributed by atoms with E-state index in [9.17, 15) is 0 Å². The average molecular weight is 455 g/mol. The van der Waals surface area contributed by atoms with E-state index >= 15 is 0 Å². The molecular weight excluding hydrogens is 416 g/mol. The largest absolute Gasteiger partial charge is 0.494 e. The van der Waals surface area contributed by atoms with E-state index in [0.717, 1.165) is 44.0 Å². The molecule has 0 N–H and O–H groups in total. The third-order valence-corrected chi connectivity index (χ3v) is 6.86. The summed E-state index contributed by atoms with van der Waals surface area (Å²) in [7, 11) is 0. The number of rotatable bonds is 11. The van der Waals surface area contributed by atoms with E-state index in [1.54, 1.807) is 0 Å². The molecule has 1 aliphatic carbocycles. The van der Waals surface area contributed by atoms with Crippen molar-refractivity contribution < 1.29 is 9.47 Å². The Balaban J connectivity index is 1.06. The number of hydrogen-bond donors (Lipinski definition) is 0. The quantitative estimate of drug-likeness (QED) is 0.213. The lowest BCUT2D eigenvalue weighted by atomic mass is 9.82. The lowest BCUT2D eigenvalue weighted by Crippen LogP contribution is -2.06. The molecule has 0 unspecified atom stereocenters. The van der Waals surface area contributed by atoms with E-state index in [2.05, 4.69) is 86.3 Å². The van der Waals surface area contributed by atoms with Crippen molar-refractivity contribution in [1.29, 1.82) is 0 Å². The molecule has 0 bridgehead atoms. The van der Waals surface area contributed by atoms with Crippen LogP contribution in [0, 0.1) is 6.92 Å². The molecule has 1 aliphatic rings. The van der Waals surface area contributed by atoms with Crippen molar-refractivity contribution in [3.05, 3.63) is 96.1 Å². The van der Waals surface area contributed by atoms with Crippen molar-refractivity contribution in [2.45, 2.75) is 64.2 Å². The standard InChI is InChI=1S/C32H38O2/c1-25-7-11-27(12-8-25)29-15-19-31(20-16-29)33-23-5-3-4-6-24-34-32-21-17-30(18-22-32)28-13-9-26(2)10-14-28/h9-10,13-22,27H,1,3-8,11-12,23-24H2,2H3. The fraction of sp³-hybridized carbons (Fsp3) is 0.375. The molecule has 0 radical (unpaired) electrons. The Morgan fingerprint density at radius 2 is 1.12 bits per heavy atom. The maximum atomic E-state index is 5.95. The number of ether oxygens (including phenoxy) is 2. The van der Waals surface area contributed by atoms with Gasteiger partial charge in [-0.25, -0.2) is 0 Å². The van der Waals surface area contributed by atoms with Crippen molar-refractivity contribution >= 4 is 0 Å². The maximum absolute atomic E-state index is 5.95. The third kappa shape index (κ3) is 7.25. The first-order chi connectivity index (χ1) is 16.7. The zero-order chi connectivity index (χ0) is 23.6. The van der Waals surface area contributed by atoms with Crippen LogP contribution in [0.3, 0.4) is 0 Å². The Bertz CT molecular complexity index is 1010. The fourth-order valence-electron chi connectivity index (χ4n) is 4.62. The van der Waals surface area contributed by atoms with Crippen LogP contribution >= 0.6 is 0 Å². The topological polar surface area (TPSA) is 18.5 Å². The highest BCUT2D eigenvalue weighted by molar-refractivity contribution is 5.64. The van der Waals surface area contributed by atoms with Crippen LogP contribution in [0.5, 0.6) is 11.5 Å². The normalized spacial score (nSPS) is 14.2. The number of benzene rings is 3. The van der Waals surface area contributed by atoms with Gasteiger partial charge in [0, 0.05) is 0 Å². The Kier molecular flexibility index (Phi) is 8.84.